The van der Waals surface area contributed by atoms with E-state index in [1.165, 1.54) is 25.0 Å². The minimum atomic E-state index is -0.273. The van der Waals surface area contributed by atoms with Gasteiger partial charge in [-0.05, 0) is 37.1 Å². The summed E-state index contributed by atoms with van der Waals surface area (Å²) in [5.74, 6) is 2.56. The lowest BCUT2D eigenvalue weighted by atomic mass is 10.1. The summed E-state index contributed by atoms with van der Waals surface area (Å²) >= 11 is 0. The summed E-state index contributed by atoms with van der Waals surface area (Å²) in [6.45, 7) is 4.20. The molecule has 7 nitrogen and oxygen atoms in total. The van der Waals surface area contributed by atoms with E-state index in [4.69, 9.17) is 4.42 Å². The van der Waals surface area contributed by atoms with E-state index in [1.54, 1.807) is 6.07 Å². The summed E-state index contributed by atoms with van der Waals surface area (Å²) in [6.07, 6.45) is 2.33. The van der Waals surface area contributed by atoms with Crippen molar-refractivity contribution in [2.75, 3.05) is 31.1 Å². The summed E-state index contributed by atoms with van der Waals surface area (Å²) < 4.78 is 19.1. The van der Waals surface area contributed by atoms with E-state index in [-0.39, 0.29) is 5.82 Å². The molecule has 28 heavy (non-hydrogen) atoms. The van der Waals surface area contributed by atoms with E-state index >= 15 is 0 Å². The second-order valence-electron chi connectivity index (χ2n) is 7.36. The molecule has 8 heteroatoms. The molecule has 3 heterocycles. The third-order valence-electron chi connectivity index (χ3n) is 5.24. The number of rotatable bonds is 5. The predicted molar refractivity (Wildman–Crippen MR) is 101 cm³/mol. The Morgan fingerprint density at radius 3 is 2.54 bits per heavy atom. The van der Waals surface area contributed by atoms with Crippen LogP contribution in [-0.4, -0.2) is 51.5 Å². The van der Waals surface area contributed by atoms with Crippen LogP contribution < -0.4 is 4.90 Å². The standard InChI is InChI=1S/C20H21FN6O/c21-16-3-1-2-15(12-16)17-6-7-18(23-22-17)27-10-8-26(9-11-27)13-19-24-25-20(28-19)14-4-5-14/h1-3,6-7,12,14H,4-5,8-11,13H2. The molecular weight excluding hydrogens is 359 g/mol. The van der Waals surface area contributed by atoms with E-state index in [9.17, 15) is 4.39 Å². The molecule has 2 fully saturated rings. The number of benzene rings is 1. The van der Waals surface area contributed by atoms with Gasteiger partial charge in [0.25, 0.3) is 0 Å². The zero-order valence-corrected chi connectivity index (χ0v) is 15.5. The lowest BCUT2D eigenvalue weighted by Crippen LogP contribution is -2.46. The average Bonchev–Trinajstić information content (AvgIpc) is 3.48. The van der Waals surface area contributed by atoms with E-state index < -0.39 is 0 Å². The van der Waals surface area contributed by atoms with Gasteiger partial charge >= 0.3 is 0 Å². The van der Waals surface area contributed by atoms with Crippen molar-refractivity contribution in [1.29, 1.82) is 0 Å². The molecule has 5 rings (SSSR count). The van der Waals surface area contributed by atoms with Gasteiger partial charge in [0.1, 0.15) is 5.82 Å². The summed E-state index contributed by atoms with van der Waals surface area (Å²) in [6, 6.07) is 10.2. The summed E-state index contributed by atoms with van der Waals surface area (Å²) in [4.78, 5) is 4.53. The summed E-state index contributed by atoms with van der Waals surface area (Å²) in [5, 5.41) is 16.9. The van der Waals surface area contributed by atoms with Crippen LogP contribution in [0, 0.1) is 5.82 Å². The third-order valence-corrected chi connectivity index (χ3v) is 5.24. The molecule has 1 saturated heterocycles. The van der Waals surface area contributed by atoms with Gasteiger partial charge in [0, 0.05) is 37.7 Å². The second-order valence-corrected chi connectivity index (χ2v) is 7.36. The van der Waals surface area contributed by atoms with Crippen LogP contribution in [0.2, 0.25) is 0 Å². The van der Waals surface area contributed by atoms with Crippen molar-refractivity contribution in [3.63, 3.8) is 0 Å². The van der Waals surface area contributed by atoms with Crippen LogP contribution in [0.3, 0.4) is 0 Å². The van der Waals surface area contributed by atoms with Crippen LogP contribution in [0.15, 0.2) is 40.8 Å². The molecule has 0 radical (unpaired) electrons. The highest BCUT2D eigenvalue weighted by atomic mass is 19.1. The highest BCUT2D eigenvalue weighted by Crippen LogP contribution is 2.39. The molecule has 0 spiro atoms. The van der Waals surface area contributed by atoms with Gasteiger partial charge in [-0.2, -0.15) is 0 Å². The zero-order chi connectivity index (χ0) is 18.9. The maximum Gasteiger partial charge on any atom is 0.230 e. The predicted octanol–water partition coefficient (Wildman–Crippen LogP) is 2.87. The number of anilines is 1. The highest BCUT2D eigenvalue weighted by Gasteiger charge is 2.29. The SMILES string of the molecule is Fc1cccc(-c2ccc(N3CCN(Cc4nnc(C5CC5)o4)CC3)nn2)c1. The van der Waals surface area contributed by atoms with E-state index in [1.807, 2.05) is 18.2 Å². The minimum absolute atomic E-state index is 0.273. The van der Waals surface area contributed by atoms with Gasteiger partial charge in [0.05, 0.1) is 12.2 Å². The molecule has 2 aromatic heterocycles. The normalized spacial score (nSPS) is 17.8. The van der Waals surface area contributed by atoms with Gasteiger partial charge in [-0.1, -0.05) is 12.1 Å². The van der Waals surface area contributed by atoms with Crippen molar-refractivity contribution >= 4 is 5.82 Å². The first kappa shape index (κ1) is 17.2. The molecule has 1 aliphatic carbocycles. The van der Waals surface area contributed by atoms with Gasteiger partial charge in [-0.25, -0.2) is 4.39 Å². The first-order chi connectivity index (χ1) is 13.7. The molecule has 1 saturated carbocycles. The fourth-order valence-corrected chi connectivity index (χ4v) is 3.45. The Kier molecular flexibility index (Phi) is 4.48. The smallest absolute Gasteiger partial charge is 0.230 e. The molecule has 0 unspecified atom stereocenters. The molecule has 0 bridgehead atoms. The van der Waals surface area contributed by atoms with Crippen molar-refractivity contribution in [2.45, 2.75) is 25.3 Å². The van der Waals surface area contributed by atoms with E-state index in [0.717, 1.165) is 43.5 Å². The molecule has 3 aromatic rings. The second kappa shape index (κ2) is 7.27. The molecule has 0 amide bonds. The summed E-state index contributed by atoms with van der Waals surface area (Å²) in [5.41, 5.74) is 1.40. The van der Waals surface area contributed by atoms with Crippen LogP contribution in [-0.2, 0) is 6.54 Å². The van der Waals surface area contributed by atoms with Crippen molar-refractivity contribution in [3.8, 4) is 11.3 Å². The van der Waals surface area contributed by atoms with Gasteiger partial charge in [-0.15, -0.1) is 20.4 Å². The van der Waals surface area contributed by atoms with Crippen LogP contribution in [0.4, 0.5) is 10.2 Å². The van der Waals surface area contributed by atoms with Crippen molar-refractivity contribution < 1.29 is 8.81 Å². The molecule has 1 aromatic carbocycles. The number of piperazine rings is 1. The van der Waals surface area contributed by atoms with E-state index in [2.05, 4.69) is 30.2 Å². The van der Waals surface area contributed by atoms with Gasteiger partial charge in [0.2, 0.25) is 11.8 Å². The number of nitrogens with zero attached hydrogens (tertiary/aromatic N) is 6. The number of halogens is 1. The van der Waals surface area contributed by atoms with Crippen LogP contribution in [0.1, 0.15) is 30.5 Å². The van der Waals surface area contributed by atoms with Crippen molar-refractivity contribution in [3.05, 3.63) is 54.0 Å². The van der Waals surface area contributed by atoms with Crippen molar-refractivity contribution in [2.24, 2.45) is 0 Å². The minimum Gasteiger partial charge on any atom is -0.424 e. The fourth-order valence-electron chi connectivity index (χ4n) is 3.45. The fraction of sp³-hybridized carbons (Fsp3) is 0.400. The van der Waals surface area contributed by atoms with E-state index in [0.29, 0.717) is 24.0 Å². The number of hydrogen-bond acceptors (Lipinski definition) is 7. The Hall–Kier alpha value is -2.87. The number of hydrogen-bond donors (Lipinski definition) is 0. The average molecular weight is 380 g/mol. The topological polar surface area (TPSA) is 71.2 Å². The maximum absolute atomic E-state index is 13.4. The molecule has 0 atom stereocenters. The van der Waals surface area contributed by atoms with Crippen molar-refractivity contribution in [1.82, 2.24) is 25.3 Å². The van der Waals surface area contributed by atoms with Crippen LogP contribution >= 0.6 is 0 Å². The van der Waals surface area contributed by atoms with Gasteiger partial charge in [-0.3, -0.25) is 4.90 Å². The van der Waals surface area contributed by atoms with Crippen LogP contribution in [0.5, 0.6) is 0 Å². The number of aromatic nitrogens is 4. The molecule has 0 N–H and O–H groups in total. The third kappa shape index (κ3) is 3.73. The van der Waals surface area contributed by atoms with Crippen LogP contribution in [0.25, 0.3) is 11.3 Å². The largest absolute Gasteiger partial charge is 0.424 e. The van der Waals surface area contributed by atoms with Gasteiger partial charge in [0.15, 0.2) is 5.82 Å². The maximum atomic E-state index is 13.4. The molecule has 2 aliphatic rings. The lowest BCUT2D eigenvalue weighted by Gasteiger charge is -2.34. The molecule has 144 valence electrons. The Balaban J connectivity index is 1.18. The zero-order valence-electron chi connectivity index (χ0n) is 15.5. The Bertz CT molecular complexity index is 947. The Morgan fingerprint density at radius 2 is 1.82 bits per heavy atom. The first-order valence-electron chi connectivity index (χ1n) is 9.64. The Labute approximate surface area is 162 Å². The lowest BCUT2D eigenvalue weighted by molar-refractivity contribution is 0.223. The quantitative estimate of drug-likeness (QED) is 0.674. The molecule has 1 aliphatic heterocycles. The Morgan fingerprint density at radius 1 is 0.964 bits per heavy atom. The summed E-state index contributed by atoms with van der Waals surface area (Å²) in [7, 11) is 0. The monoisotopic (exact) mass is 380 g/mol. The highest BCUT2D eigenvalue weighted by molar-refractivity contribution is 5.59. The first-order valence-corrected chi connectivity index (χ1v) is 9.64. The molecular formula is C20H21FN6O. The van der Waals surface area contributed by atoms with Gasteiger partial charge < -0.3 is 9.32 Å².